The van der Waals surface area contributed by atoms with Gasteiger partial charge in [0.05, 0.1) is 0 Å². The SMILES string of the molecule is C=C(NC1CC(C)CC1C(=C)CC)OC(C)(C)C. The number of hydrogen-bond donors (Lipinski definition) is 1. The summed E-state index contributed by atoms with van der Waals surface area (Å²) in [4.78, 5) is 0. The Hall–Kier alpha value is -0.920. The average Bonchev–Trinajstić information content (AvgIpc) is 2.55. The van der Waals surface area contributed by atoms with Gasteiger partial charge in [-0.25, -0.2) is 0 Å². The molecule has 0 aromatic heterocycles. The van der Waals surface area contributed by atoms with Crippen molar-refractivity contribution < 1.29 is 4.74 Å². The third kappa shape index (κ3) is 4.40. The first-order chi connectivity index (χ1) is 8.23. The minimum absolute atomic E-state index is 0.189. The topological polar surface area (TPSA) is 21.3 Å². The van der Waals surface area contributed by atoms with Gasteiger partial charge in [-0.3, -0.25) is 0 Å². The van der Waals surface area contributed by atoms with E-state index in [1.54, 1.807) is 0 Å². The zero-order chi connectivity index (χ0) is 13.9. The smallest absolute Gasteiger partial charge is 0.180 e. The summed E-state index contributed by atoms with van der Waals surface area (Å²) in [5, 5.41) is 3.45. The molecule has 0 aliphatic heterocycles. The number of hydrogen-bond acceptors (Lipinski definition) is 2. The summed E-state index contributed by atoms with van der Waals surface area (Å²) in [5.74, 6) is 2.00. The Bertz CT molecular complexity index is 314. The molecule has 1 aliphatic carbocycles. The Labute approximate surface area is 112 Å². The molecule has 0 aromatic carbocycles. The van der Waals surface area contributed by atoms with Crippen LogP contribution >= 0.6 is 0 Å². The summed E-state index contributed by atoms with van der Waals surface area (Å²) in [7, 11) is 0. The van der Waals surface area contributed by atoms with Crippen molar-refractivity contribution in [1.29, 1.82) is 0 Å². The van der Waals surface area contributed by atoms with E-state index in [4.69, 9.17) is 4.74 Å². The van der Waals surface area contributed by atoms with Gasteiger partial charge in [0.2, 0.25) is 0 Å². The van der Waals surface area contributed by atoms with Gasteiger partial charge in [0.15, 0.2) is 5.88 Å². The predicted molar refractivity (Wildman–Crippen MR) is 78.2 cm³/mol. The molecule has 1 rings (SSSR count). The van der Waals surface area contributed by atoms with E-state index < -0.39 is 0 Å². The first-order valence-electron chi connectivity index (χ1n) is 7.05. The highest BCUT2D eigenvalue weighted by molar-refractivity contribution is 5.09. The van der Waals surface area contributed by atoms with Crippen LogP contribution in [0.3, 0.4) is 0 Å². The van der Waals surface area contributed by atoms with Crippen LogP contribution in [0.2, 0.25) is 0 Å². The van der Waals surface area contributed by atoms with Gasteiger partial charge in [-0.15, -0.1) is 0 Å². The Morgan fingerprint density at radius 1 is 1.28 bits per heavy atom. The molecule has 1 N–H and O–H groups in total. The van der Waals surface area contributed by atoms with E-state index in [0.29, 0.717) is 17.8 Å². The van der Waals surface area contributed by atoms with E-state index in [0.717, 1.165) is 12.3 Å². The number of ether oxygens (including phenoxy) is 1. The Balaban J connectivity index is 2.59. The second-order valence-electron chi connectivity index (χ2n) is 6.58. The molecule has 1 saturated carbocycles. The fourth-order valence-corrected chi connectivity index (χ4v) is 2.77. The maximum absolute atomic E-state index is 5.76. The zero-order valence-electron chi connectivity index (χ0n) is 12.7. The van der Waals surface area contributed by atoms with Gasteiger partial charge in [-0.1, -0.05) is 26.0 Å². The lowest BCUT2D eigenvalue weighted by atomic mass is 9.93. The summed E-state index contributed by atoms with van der Waals surface area (Å²) in [6.45, 7) is 18.8. The van der Waals surface area contributed by atoms with Crippen molar-refractivity contribution in [2.24, 2.45) is 11.8 Å². The Kier molecular flexibility index (Phi) is 4.89. The normalized spacial score (nSPS) is 27.9. The highest BCUT2D eigenvalue weighted by atomic mass is 16.5. The molecule has 2 nitrogen and oxygen atoms in total. The fraction of sp³-hybridized carbons (Fsp3) is 0.750. The summed E-state index contributed by atoms with van der Waals surface area (Å²) >= 11 is 0. The molecule has 0 spiro atoms. The molecule has 1 aliphatic rings. The molecule has 0 saturated heterocycles. The molecule has 0 heterocycles. The lowest BCUT2D eigenvalue weighted by molar-refractivity contribution is 0.0374. The molecule has 0 amide bonds. The number of rotatable bonds is 5. The van der Waals surface area contributed by atoms with Crippen molar-refractivity contribution in [3.63, 3.8) is 0 Å². The molecule has 18 heavy (non-hydrogen) atoms. The van der Waals surface area contributed by atoms with Crippen molar-refractivity contribution in [2.75, 3.05) is 0 Å². The number of nitrogens with one attached hydrogen (secondary N) is 1. The van der Waals surface area contributed by atoms with Gasteiger partial charge < -0.3 is 10.1 Å². The van der Waals surface area contributed by atoms with Crippen LogP contribution in [0.25, 0.3) is 0 Å². The van der Waals surface area contributed by atoms with Crippen molar-refractivity contribution in [1.82, 2.24) is 5.32 Å². The minimum Gasteiger partial charge on any atom is -0.474 e. The predicted octanol–water partition coefficient (Wildman–Crippen LogP) is 4.24. The largest absolute Gasteiger partial charge is 0.474 e. The molecule has 1 fully saturated rings. The van der Waals surface area contributed by atoms with Gasteiger partial charge in [0.1, 0.15) is 5.60 Å². The molecule has 0 radical (unpaired) electrons. The standard InChI is InChI=1S/C16H29NO/c1-8-12(3)14-9-11(2)10-15(14)17-13(4)18-16(5,6)7/h11,14-15,17H,3-4,8-10H2,1-2,5-7H3. The van der Waals surface area contributed by atoms with Crippen LogP contribution in [-0.4, -0.2) is 11.6 Å². The van der Waals surface area contributed by atoms with Crippen molar-refractivity contribution in [2.45, 2.75) is 65.5 Å². The van der Waals surface area contributed by atoms with Crippen molar-refractivity contribution >= 4 is 0 Å². The second-order valence-corrected chi connectivity index (χ2v) is 6.58. The zero-order valence-corrected chi connectivity index (χ0v) is 12.7. The summed E-state index contributed by atoms with van der Waals surface area (Å²) in [6, 6.07) is 0.433. The summed E-state index contributed by atoms with van der Waals surface area (Å²) < 4.78 is 5.76. The van der Waals surface area contributed by atoms with Crippen LogP contribution in [0.1, 0.15) is 53.9 Å². The first kappa shape index (κ1) is 15.1. The summed E-state index contributed by atoms with van der Waals surface area (Å²) in [6.07, 6.45) is 3.46. The molecule has 0 aromatic rings. The molecule has 3 unspecified atom stereocenters. The van der Waals surface area contributed by atoms with E-state index in [-0.39, 0.29) is 5.60 Å². The van der Waals surface area contributed by atoms with Crippen LogP contribution in [0, 0.1) is 11.8 Å². The van der Waals surface area contributed by atoms with Crippen LogP contribution in [-0.2, 0) is 4.74 Å². The molecule has 2 heteroatoms. The minimum atomic E-state index is -0.189. The molecular formula is C16H29NO. The van der Waals surface area contributed by atoms with Gasteiger partial charge in [0, 0.05) is 12.0 Å². The molecule has 104 valence electrons. The highest BCUT2D eigenvalue weighted by Gasteiger charge is 2.33. The van der Waals surface area contributed by atoms with Crippen LogP contribution in [0.15, 0.2) is 24.6 Å². The Morgan fingerprint density at radius 3 is 2.39 bits per heavy atom. The maximum atomic E-state index is 5.76. The van der Waals surface area contributed by atoms with Gasteiger partial charge in [0.25, 0.3) is 0 Å². The van der Waals surface area contributed by atoms with E-state index in [9.17, 15) is 0 Å². The highest BCUT2D eigenvalue weighted by Crippen LogP contribution is 2.36. The van der Waals surface area contributed by atoms with Crippen LogP contribution in [0.4, 0.5) is 0 Å². The van der Waals surface area contributed by atoms with Crippen LogP contribution < -0.4 is 5.32 Å². The van der Waals surface area contributed by atoms with Gasteiger partial charge in [-0.05, 0) is 52.5 Å². The van der Waals surface area contributed by atoms with Crippen molar-refractivity contribution in [3.05, 3.63) is 24.6 Å². The second kappa shape index (κ2) is 5.81. The van der Waals surface area contributed by atoms with E-state index in [1.807, 2.05) is 20.8 Å². The van der Waals surface area contributed by atoms with E-state index in [2.05, 4.69) is 32.3 Å². The third-order valence-electron chi connectivity index (χ3n) is 3.55. The maximum Gasteiger partial charge on any atom is 0.180 e. The van der Waals surface area contributed by atoms with E-state index in [1.165, 1.54) is 18.4 Å². The molecule has 0 bridgehead atoms. The summed E-state index contributed by atoms with van der Waals surface area (Å²) in [5.41, 5.74) is 1.16. The monoisotopic (exact) mass is 251 g/mol. The quantitative estimate of drug-likeness (QED) is 0.583. The van der Waals surface area contributed by atoms with Crippen molar-refractivity contribution in [3.8, 4) is 0 Å². The van der Waals surface area contributed by atoms with Crippen LogP contribution in [0.5, 0.6) is 0 Å². The third-order valence-corrected chi connectivity index (χ3v) is 3.55. The first-order valence-corrected chi connectivity index (χ1v) is 7.05. The van der Waals surface area contributed by atoms with Gasteiger partial charge >= 0.3 is 0 Å². The van der Waals surface area contributed by atoms with E-state index >= 15 is 0 Å². The average molecular weight is 251 g/mol. The lowest BCUT2D eigenvalue weighted by Crippen LogP contribution is -2.35. The fourth-order valence-electron chi connectivity index (χ4n) is 2.77. The molecular weight excluding hydrogens is 222 g/mol. The van der Waals surface area contributed by atoms with Gasteiger partial charge in [-0.2, -0.15) is 0 Å². The molecule has 3 atom stereocenters. The lowest BCUT2D eigenvalue weighted by Gasteiger charge is -2.28. The Morgan fingerprint density at radius 2 is 1.89 bits per heavy atom.